The molecule has 0 bridgehead atoms. The standard InChI is InChI=1S/C15H17NO4/c16-10-15(3-5-18-6-4-15)14(17)11-1-2-12-13(9-11)20-8-7-19-12/h1-2,9,14,17H,3-8H2. The van der Waals surface area contributed by atoms with Gasteiger partial charge in [-0.1, -0.05) is 6.07 Å². The highest BCUT2D eigenvalue weighted by Gasteiger charge is 2.41. The number of aliphatic hydroxyl groups excluding tert-OH is 1. The normalized spacial score (nSPS) is 21.8. The van der Waals surface area contributed by atoms with Crippen LogP contribution < -0.4 is 9.47 Å². The number of fused-ring (bicyclic) bond motifs is 1. The summed E-state index contributed by atoms with van der Waals surface area (Å²) < 4.78 is 16.3. The summed E-state index contributed by atoms with van der Waals surface area (Å²) in [6.45, 7) is 2.06. The molecule has 1 aromatic carbocycles. The maximum Gasteiger partial charge on any atom is 0.161 e. The topological polar surface area (TPSA) is 71.7 Å². The summed E-state index contributed by atoms with van der Waals surface area (Å²) in [4.78, 5) is 0. The van der Waals surface area contributed by atoms with E-state index in [0.29, 0.717) is 56.3 Å². The molecule has 1 saturated heterocycles. The van der Waals surface area contributed by atoms with Gasteiger partial charge in [-0.2, -0.15) is 5.26 Å². The Balaban J connectivity index is 1.89. The number of benzene rings is 1. The van der Waals surface area contributed by atoms with Crippen molar-refractivity contribution >= 4 is 0 Å². The molecule has 0 aromatic heterocycles. The van der Waals surface area contributed by atoms with E-state index in [1.54, 1.807) is 18.2 Å². The SMILES string of the molecule is N#CC1(C(O)c2ccc3c(c2)OCCO3)CCOCC1. The molecule has 2 heterocycles. The zero-order valence-corrected chi connectivity index (χ0v) is 11.2. The fourth-order valence-corrected chi connectivity index (χ4v) is 2.73. The van der Waals surface area contributed by atoms with Crippen LogP contribution in [0, 0.1) is 16.7 Å². The minimum absolute atomic E-state index is 0.504. The maximum atomic E-state index is 10.6. The van der Waals surface area contributed by atoms with E-state index in [0.717, 1.165) is 0 Å². The average molecular weight is 275 g/mol. The number of nitrogens with zero attached hydrogens (tertiary/aromatic N) is 1. The van der Waals surface area contributed by atoms with Gasteiger partial charge in [-0.25, -0.2) is 0 Å². The van der Waals surface area contributed by atoms with Crippen LogP contribution >= 0.6 is 0 Å². The molecule has 0 radical (unpaired) electrons. The molecule has 1 unspecified atom stereocenters. The minimum Gasteiger partial charge on any atom is -0.486 e. The first kappa shape index (κ1) is 13.2. The fourth-order valence-electron chi connectivity index (χ4n) is 2.73. The Morgan fingerprint density at radius 1 is 1.10 bits per heavy atom. The van der Waals surface area contributed by atoms with Crippen molar-refractivity contribution in [3.8, 4) is 17.6 Å². The van der Waals surface area contributed by atoms with E-state index in [9.17, 15) is 10.4 Å². The molecule has 1 fully saturated rings. The first-order valence-corrected chi connectivity index (χ1v) is 6.82. The van der Waals surface area contributed by atoms with Gasteiger partial charge in [0.1, 0.15) is 13.2 Å². The van der Waals surface area contributed by atoms with E-state index in [4.69, 9.17) is 14.2 Å². The monoisotopic (exact) mass is 275 g/mol. The van der Waals surface area contributed by atoms with Crippen LogP contribution in [0.1, 0.15) is 24.5 Å². The van der Waals surface area contributed by atoms with Crippen LogP contribution in [0.25, 0.3) is 0 Å². The molecule has 0 spiro atoms. The largest absolute Gasteiger partial charge is 0.486 e. The van der Waals surface area contributed by atoms with E-state index in [1.165, 1.54) is 0 Å². The van der Waals surface area contributed by atoms with Gasteiger partial charge < -0.3 is 19.3 Å². The second-order valence-corrected chi connectivity index (χ2v) is 5.19. The molecule has 3 rings (SSSR count). The third kappa shape index (κ3) is 2.21. The smallest absolute Gasteiger partial charge is 0.161 e. The molecular formula is C15H17NO4. The van der Waals surface area contributed by atoms with Crippen molar-refractivity contribution in [3.63, 3.8) is 0 Å². The number of hydrogen-bond donors (Lipinski definition) is 1. The van der Waals surface area contributed by atoms with Crippen LogP contribution in [-0.4, -0.2) is 31.5 Å². The molecule has 5 heteroatoms. The molecule has 1 aromatic rings. The molecule has 2 aliphatic rings. The number of ether oxygens (including phenoxy) is 3. The molecular weight excluding hydrogens is 258 g/mol. The van der Waals surface area contributed by atoms with Crippen LogP contribution in [-0.2, 0) is 4.74 Å². The molecule has 2 aliphatic heterocycles. The van der Waals surface area contributed by atoms with Crippen molar-refractivity contribution in [2.45, 2.75) is 18.9 Å². The highest BCUT2D eigenvalue weighted by molar-refractivity contribution is 5.45. The lowest BCUT2D eigenvalue weighted by Gasteiger charge is -2.35. The Kier molecular flexibility index (Phi) is 3.51. The van der Waals surface area contributed by atoms with Crippen molar-refractivity contribution in [2.75, 3.05) is 26.4 Å². The third-order valence-corrected chi connectivity index (χ3v) is 4.01. The van der Waals surface area contributed by atoms with Gasteiger partial charge in [-0.05, 0) is 30.5 Å². The summed E-state index contributed by atoms with van der Waals surface area (Å²) in [5, 5.41) is 20.1. The number of aliphatic hydroxyl groups is 1. The highest BCUT2D eigenvalue weighted by atomic mass is 16.6. The summed E-state index contributed by atoms with van der Waals surface area (Å²) in [5.41, 5.74) is -0.0835. The van der Waals surface area contributed by atoms with Gasteiger partial charge in [0.05, 0.1) is 17.6 Å². The summed E-state index contributed by atoms with van der Waals surface area (Å²) in [7, 11) is 0. The minimum atomic E-state index is -0.841. The van der Waals surface area contributed by atoms with Gasteiger partial charge in [-0.15, -0.1) is 0 Å². The Bertz CT molecular complexity index is 531. The van der Waals surface area contributed by atoms with Gasteiger partial charge in [-0.3, -0.25) is 0 Å². The van der Waals surface area contributed by atoms with E-state index in [2.05, 4.69) is 6.07 Å². The van der Waals surface area contributed by atoms with Gasteiger partial charge >= 0.3 is 0 Å². The van der Waals surface area contributed by atoms with Crippen molar-refractivity contribution in [1.82, 2.24) is 0 Å². The lowest BCUT2D eigenvalue weighted by atomic mass is 9.74. The zero-order chi connectivity index (χ0) is 14.0. The summed E-state index contributed by atoms with van der Waals surface area (Å²) >= 11 is 0. The average Bonchev–Trinajstić information content (AvgIpc) is 2.54. The van der Waals surface area contributed by atoms with Crippen molar-refractivity contribution in [3.05, 3.63) is 23.8 Å². The summed E-state index contributed by atoms with van der Waals surface area (Å²) in [5.74, 6) is 1.32. The summed E-state index contributed by atoms with van der Waals surface area (Å²) in [6.07, 6.45) is 0.241. The first-order chi connectivity index (χ1) is 9.75. The van der Waals surface area contributed by atoms with Crippen LogP contribution in [0.15, 0.2) is 18.2 Å². The Morgan fingerprint density at radius 2 is 1.80 bits per heavy atom. The lowest BCUT2D eigenvalue weighted by Crippen LogP contribution is -2.34. The lowest BCUT2D eigenvalue weighted by molar-refractivity contribution is -0.0311. The molecule has 0 amide bonds. The quantitative estimate of drug-likeness (QED) is 0.891. The van der Waals surface area contributed by atoms with Gasteiger partial charge in [0.25, 0.3) is 0 Å². The summed E-state index contributed by atoms with van der Waals surface area (Å²) in [6, 6.07) is 7.65. The molecule has 5 nitrogen and oxygen atoms in total. The fraction of sp³-hybridized carbons (Fsp3) is 0.533. The van der Waals surface area contributed by atoms with Crippen molar-refractivity contribution < 1.29 is 19.3 Å². The number of rotatable bonds is 2. The maximum absolute atomic E-state index is 10.6. The number of nitriles is 1. The van der Waals surface area contributed by atoms with Crippen LogP contribution in [0.5, 0.6) is 11.5 Å². The molecule has 106 valence electrons. The molecule has 1 atom stereocenters. The van der Waals surface area contributed by atoms with Crippen molar-refractivity contribution in [2.24, 2.45) is 5.41 Å². The molecule has 20 heavy (non-hydrogen) atoms. The Morgan fingerprint density at radius 3 is 2.50 bits per heavy atom. The predicted molar refractivity (Wildman–Crippen MR) is 70.5 cm³/mol. The van der Waals surface area contributed by atoms with Crippen molar-refractivity contribution in [1.29, 1.82) is 5.26 Å². The van der Waals surface area contributed by atoms with E-state index < -0.39 is 11.5 Å². The molecule has 0 saturated carbocycles. The molecule has 0 aliphatic carbocycles. The van der Waals surface area contributed by atoms with Crippen LogP contribution in [0.4, 0.5) is 0 Å². The first-order valence-electron chi connectivity index (χ1n) is 6.82. The van der Waals surface area contributed by atoms with Gasteiger partial charge in [0.15, 0.2) is 11.5 Å². The van der Waals surface area contributed by atoms with E-state index in [1.807, 2.05) is 0 Å². The number of hydrogen-bond acceptors (Lipinski definition) is 5. The van der Waals surface area contributed by atoms with E-state index >= 15 is 0 Å². The second-order valence-electron chi connectivity index (χ2n) is 5.19. The Labute approximate surface area is 117 Å². The second kappa shape index (κ2) is 5.31. The van der Waals surface area contributed by atoms with Crippen LogP contribution in [0.3, 0.4) is 0 Å². The zero-order valence-electron chi connectivity index (χ0n) is 11.2. The van der Waals surface area contributed by atoms with E-state index in [-0.39, 0.29) is 0 Å². The van der Waals surface area contributed by atoms with Gasteiger partial charge in [0.2, 0.25) is 0 Å². The predicted octanol–water partition coefficient (Wildman–Crippen LogP) is 1.81. The third-order valence-electron chi connectivity index (χ3n) is 4.01. The van der Waals surface area contributed by atoms with Crippen LogP contribution in [0.2, 0.25) is 0 Å². The van der Waals surface area contributed by atoms with Gasteiger partial charge in [0, 0.05) is 13.2 Å². The highest BCUT2D eigenvalue weighted by Crippen LogP contribution is 2.44. The Hall–Kier alpha value is -1.77. The molecule has 1 N–H and O–H groups in total.